The molecule has 2 N–H and O–H groups in total. The molecule has 200 valence electrons. The van der Waals surface area contributed by atoms with Crippen molar-refractivity contribution in [3.8, 4) is 0 Å². The molecule has 0 spiro atoms. The maximum absolute atomic E-state index is 13.8. The highest BCUT2D eigenvalue weighted by Crippen LogP contribution is 2.55. The van der Waals surface area contributed by atoms with Crippen molar-refractivity contribution >= 4 is 37.3 Å². The molecule has 3 aliphatic carbocycles. The number of anilines is 1. The maximum atomic E-state index is 13.8. The second-order valence-electron chi connectivity index (χ2n) is 11.7. The van der Waals surface area contributed by atoms with E-state index in [-0.39, 0.29) is 62.5 Å². The van der Waals surface area contributed by atoms with Crippen molar-refractivity contribution in [2.45, 2.75) is 74.3 Å². The molecule has 9 nitrogen and oxygen atoms in total. The molecule has 2 bridgehead atoms. The van der Waals surface area contributed by atoms with Crippen molar-refractivity contribution in [2.24, 2.45) is 28.1 Å². The van der Waals surface area contributed by atoms with Crippen LogP contribution in [-0.4, -0.2) is 56.4 Å². The van der Waals surface area contributed by atoms with Crippen molar-refractivity contribution in [3.63, 3.8) is 0 Å². The predicted octanol–water partition coefficient (Wildman–Crippen LogP) is 3.39. The van der Waals surface area contributed by atoms with Crippen molar-refractivity contribution < 1.29 is 26.7 Å². The number of hydrogen-bond acceptors (Lipinski definition) is 7. The molecule has 11 heteroatoms. The molecule has 5 aliphatic rings. The van der Waals surface area contributed by atoms with Gasteiger partial charge in [0.2, 0.25) is 0 Å². The molecule has 1 aromatic rings. The van der Waals surface area contributed by atoms with Gasteiger partial charge in [0.1, 0.15) is 16.2 Å². The third-order valence-electron chi connectivity index (χ3n) is 8.65. The number of benzene rings is 1. The summed E-state index contributed by atoms with van der Waals surface area (Å²) in [4.78, 5) is 15.5. The van der Waals surface area contributed by atoms with Crippen LogP contribution in [0.25, 0.3) is 0 Å². The lowest BCUT2D eigenvalue weighted by molar-refractivity contribution is -0.133. The van der Waals surface area contributed by atoms with Crippen molar-refractivity contribution in [1.29, 1.82) is 0 Å². The molecule has 0 saturated heterocycles. The first-order valence-electron chi connectivity index (χ1n) is 13.2. The van der Waals surface area contributed by atoms with Crippen LogP contribution in [-0.2, 0) is 30.4 Å². The van der Waals surface area contributed by atoms with E-state index in [4.69, 9.17) is 0 Å². The Morgan fingerprint density at radius 1 is 1.16 bits per heavy atom. The molecule has 1 amide bonds. The number of carbonyl (C=O) groups is 1. The van der Waals surface area contributed by atoms with Gasteiger partial charge in [-0.15, -0.1) is 4.40 Å². The summed E-state index contributed by atoms with van der Waals surface area (Å²) < 4.78 is 55.3. The molecule has 3 saturated carbocycles. The van der Waals surface area contributed by atoms with Gasteiger partial charge in [0.25, 0.3) is 15.9 Å². The third-order valence-corrected chi connectivity index (χ3v) is 12.2. The lowest BCUT2D eigenvalue weighted by atomic mass is 9.77. The highest BCUT2D eigenvalue weighted by atomic mass is 32.2. The summed E-state index contributed by atoms with van der Waals surface area (Å²) in [6.07, 6.45) is 5.10. The fourth-order valence-electron chi connectivity index (χ4n) is 6.70. The number of sulfonamides is 1. The van der Waals surface area contributed by atoms with Crippen LogP contribution < -0.4 is 5.32 Å². The summed E-state index contributed by atoms with van der Waals surface area (Å²) in [6, 6.07) is 4.39. The number of nitrogens with one attached hydrogen (secondary N) is 1. The Morgan fingerprint density at radius 3 is 2.59 bits per heavy atom. The molecule has 2 unspecified atom stereocenters. The second kappa shape index (κ2) is 8.56. The first kappa shape index (κ1) is 24.9. The van der Waals surface area contributed by atoms with Crippen LogP contribution in [0.2, 0.25) is 0 Å². The lowest BCUT2D eigenvalue weighted by Crippen LogP contribution is -2.54. The monoisotopic (exact) mass is 547 g/mol. The van der Waals surface area contributed by atoms with Crippen molar-refractivity contribution in [3.05, 3.63) is 35.1 Å². The zero-order valence-corrected chi connectivity index (χ0v) is 22.7. The number of nitrogens with zero attached hydrogens (tertiary/aromatic N) is 2. The number of hydrogen-bond donors (Lipinski definition) is 2. The minimum Gasteiger partial charge on any atom is -0.511 e. The standard InChI is InChI=1S/C26H33N3O6S2/c1-14(2)9-10-29-23-17-5-4-16(12-17)21(23)24(30)22(26(29)31)25-27-19-8-3-15(11-20(19)37(34,35)28-25)13-36(32,33)18-6-7-18/h3,8,11,14,16-18,21,23,30H,4-7,9-10,12-13H2,1-2H3,(H,27,28)/t16-,17+,21?,23?/m0/s1. The van der Waals surface area contributed by atoms with Crippen molar-refractivity contribution in [2.75, 3.05) is 11.9 Å². The molecular formula is C26H33N3O6S2. The second-order valence-corrected chi connectivity index (χ2v) is 15.5. The summed E-state index contributed by atoms with van der Waals surface area (Å²) in [7, 11) is -7.55. The van der Waals surface area contributed by atoms with Gasteiger partial charge in [-0.05, 0) is 74.0 Å². The van der Waals surface area contributed by atoms with Gasteiger partial charge in [-0.1, -0.05) is 19.9 Å². The quantitative estimate of drug-likeness (QED) is 0.535. The molecule has 0 radical (unpaired) electrons. The highest BCUT2D eigenvalue weighted by Gasteiger charge is 2.57. The van der Waals surface area contributed by atoms with E-state index in [2.05, 4.69) is 23.6 Å². The van der Waals surface area contributed by atoms with Gasteiger partial charge in [-0.2, -0.15) is 8.42 Å². The SMILES string of the molecule is CC(C)CCN1C(=O)C(C2=NS(=O)(=O)c3cc(CS(=O)(=O)C4CC4)ccc3N2)=C(O)C2C1[C@@H]1CC[C@H]2C1. The molecule has 1 aromatic carbocycles. The number of carbonyl (C=O) groups excluding carboxylic acids is 1. The normalized spacial score (nSPS) is 30.3. The van der Waals surface area contributed by atoms with E-state index in [0.717, 1.165) is 25.7 Å². The van der Waals surface area contributed by atoms with E-state index in [9.17, 15) is 26.7 Å². The molecule has 3 fully saturated rings. The fourth-order valence-corrected chi connectivity index (χ4v) is 9.61. The average molecular weight is 548 g/mol. The van der Waals surface area contributed by atoms with Gasteiger partial charge in [-0.3, -0.25) is 4.79 Å². The van der Waals surface area contributed by atoms with E-state index in [1.165, 1.54) is 12.1 Å². The molecule has 0 aromatic heterocycles. The lowest BCUT2D eigenvalue weighted by Gasteiger charge is -2.44. The minimum absolute atomic E-state index is 0.0555. The summed E-state index contributed by atoms with van der Waals surface area (Å²) in [5.41, 5.74) is 0.539. The summed E-state index contributed by atoms with van der Waals surface area (Å²) >= 11 is 0. The van der Waals surface area contributed by atoms with Crippen LogP contribution >= 0.6 is 0 Å². The molecular weight excluding hydrogens is 514 g/mol. The topological polar surface area (TPSA) is 133 Å². The largest absolute Gasteiger partial charge is 0.511 e. The Morgan fingerprint density at radius 2 is 1.89 bits per heavy atom. The Labute approximate surface area is 218 Å². The number of rotatable bonds is 7. The van der Waals surface area contributed by atoms with Crippen LogP contribution in [0.5, 0.6) is 0 Å². The third kappa shape index (κ3) is 4.18. The van der Waals surface area contributed by atoms with E-state index in [1.807, 2.05) is 4.90 Å². The Bertz CT molecular complexity index is 1440. The zero-order chi connectivity index (χ0) is 26.3. The fraction of sp³-hybridized carbons (Fsp3) is 0.615. The molecule has 2 heterocycles. The van der Waals surface area contributed by atoms with Gasteiger partial charge in [0.05, 0.1) is 16.7 Å². The van der Waals surface area contributed by atoms with Gasteiger partial charge in [0.15, 0.2) is 15.7 Å². The summed E-state index contributed by atoms with van der Waals surface area (Å²) in [5, 5.41) is 14.0. The first-order valence-corrected chi connectivity index (χ1v) is 16.3. The number of amides is 1. The number of aliphatic hydroxyl groups is 1. The molecule has 4 atom stereocenters. The van der Waals surface area contributed by atoms with Crippen LogP contribution in [0.3, 0.4) is 0 Å². The Balaban J connectivity index is 1.36. The first-order chi connectivity index (χ1) is 17.5. The summed E-state index contributed by atoms with van der Waals surface area (Å²) in [5.74, 6) is -0.0224. The smallest absolute Gasteiger partial charge is 0.286 e. The van der Waals surface area contributed by atoms with Crippen LogP contribution in [0.15, 0.2) is 38.8 Å². The Hall–Kier alpha value is -2.40. The average Bonchev–Trinajstić information content (AvgIpc) is 3.49. The molecule has 6 rings (SSSR count). The van der Waals surface area contributed by atoms with E-state index in [0.29, 0.717) is 36.8 Å². The zero-order valence-electron chi connectivity index (χ0n) is 21.1. The van der Waals surface area contributed by atoms with Crippen LogP contribution in [0.1, 0.15) is 57.9 Å². The Kier molecular flexibility index (Phi) is 5.76. The van der Waals surface area contributed by atoms with Crippen LogP contribution in [0.4, 0.5) is 5.69 Å². The minimum atomic E-state index is -4.23. The summed E-state index contributed by atoms with van der Waals surface area (Å²) in [6.45, 7) is 4.75. The number of amidine groups is 1. The van der Waals surface area contributed by atoms with Crippen molar-refractivity contribution in [1.82, 2.24) is 4.90 Å². The number of sulfone groups is 1. The van der Waals surface area contributed by atoms with E-state index in [1.54, 1.807) is 6.07 Å². The predicted molar refractivity (Wildman–Crippen MR) is 139 cm³/mol. The van der Waals surface area contributed by atoms with E-state index < -0.39 is 19.9 Å². The highest BCUT2D eigenvalue weighted by molar-refractivity contribution is 7.91. The van der Waals surface area contributed by atoms with E-state index >= 15 is 0 Å². The molecule has 2 aliphatic heterocycles. The van der Waals surface area contributed by atoms with Gasteiger partial charge >= 0.3 is 0 Å². The maximum Gasteiger partial charge on any atom is 0.286 e. The van der Waals surface area contributed by atoms with Gasteiger partial charge in [0, 0.05) is 18.5 Å². The van der Waals surface area contributed by atoms with Crippen LogP contribution in [0, 0.1) is 23.7 Å². The number of fused-ring (bicyclic) bond motifs is 6. The van der Waals surface area contributed by atoms with Gasteiger partial charge in [-0.25, -0.2) is 8.42 Å². The molecule has 37 heavy (non-hydrogen) atoms. The van der Waals surface area contributed by atoms with Gasteiger partial charge < -0.3 is 15.3 Å². The number of aliphatic hydroxyl groups excluding tert-OH is 1.